The Labute approximate surface area is 193 Å². The summed E-state index contributed by atoms with van der Waals surface area (Å²) < 4.78 is 11.0. The van der Waals surface area contributed by atoms with Gasteiger partial charge < -0.3 is 25.1 Å². The number of carbonyl (C=O) groups excluding carboxylic acids is 1. The maximum atomic E-state index is 12.1. The van der Waals surface area contributed by atoms with Crippen LogP contribution in [0.3, 0.4) is 0 Å². The van der Waals surface area contributed by atoms with Crippen molar-refractivity contribution in [2.75, 3.05) is 20.7 Å². The zero-order valence-corrected chi connectivity index (χ0v) is 19.7. The Morgan fingerprint density at radius 1 is 1.03 bits per heavy atom. The van der Waals surface area contributed by atoms with Crippen molar-refractivity contribution in [1.29, 1.82) is 0 Å². The fourth-order valence-corrected chi connectivity index (χ4v) is 2.95. The van der Waals surface area contributed by atoms with Gasteiger partial charge in [-0.3, -0.25) is 9.79 Å². The van der Waals surface area contributed by atoms with E-state index in [1.165, 1.54) is 0 Å². The number of carbonyl (C=O) groups is 1. The number of nitrogens with zero attached hydrogens (tertiary/aromatic N) is 1. The van der Waals surface area contributed by atoms with Gasteiger partial charge in [0.2, 0.25) is 5.91 Å². The summed E-state index contributed by atoms with van der Waals surface area (Å²) in [5.41, 5.74) is 2.96. The molecular formula is C22H27IN4O3. The minimum absolute atomic E-state index is 0. The van der Waals surface area contributed by atoms with Crippen molar-refractivity contribution >= 4 is 46.8 Å². The van der Waals surface area contributed by atoms with Gasteiger partial charge >= 0.3 is 0 Å². The monoisotopic (exact) mass is 522 g/mol. The van der Waals surface area contributed by atoms with Crippen molar-refractivity contribution in [2.45, 2.75) is 20.0 Å². The summed E-state index contributed by atoms with van der Waals surface area (Å²) in [5, 5.41) is 10.2. The number of rotatable bonds is 7. The molecular weight excluding hydrogens is 495 g/mol. The zero-order valence-electron chi connectivity index (χ0n) is 17.3. The van der Waals surface area contributed by atoms with Gasteiger partial charge in [0.1, 0.15) is 17.1 Å². The number of nitrogens with one attached hydrogen (secondary N) is 3. The van der Waals surface area contributed by atoms with Crippen LogP contribution in [0.1, 0.15) is 16.9 Å². The number of aliphatic imine (C=N–C) groups is 1. The second-order valence-electron chi connectivity index (χ2n) is 6.55. The van der Waals surface area contributed by atoms with Crippen LogP contribution in [0.15, 0.2) is 57.9 Å². The second kappa shape index (κ2) is 11.4. The highest BCUT2D eigenvalue weighted by atomic mass is 127. The molecule has 3 rings (SSSR count). The smallest absolute Gasteiger partial charge is 0.239 e. The predicted octanol–water partition coefficient (Wildman–Crippen LogP) is 3.35. The van der Waals surface area contributed by atoms with E-state index in [9.17, 15) is 4.79 Å². The molecule has 3 aromatic rings. The van der Waals surface area contributed by atoms with E-state index in [1.807, 2.05) is 55.5 Å². The highest BCUT2D eigenvalue weighted by Crippen LogP contribution is 2.24. The van der Waals surface area contributed by atoms with Crippen LogP contribution in [0.2, 0.25) is 0 Å². The fourth-order valence-electron chi connectivity index (χ4n) is 2.95. The van der Waals surface area contributed by atoms with Crippen LogP contribution in [0, 0.1) is 6.92 Å². The van der Waals surface area contributed by atoms with E-state index >= 15 is 0 Å². The lowest BCUT2D eigenvalue weighted by atomic mass is 10.1. The highest BCUT2D eigenvalue weighted by molar-refractivity contribution is 14.0. The van der Waals surface area contributed by atoms with Gasteiger partial charge in [-0.05, 0) is 30.7 Å². The first-order chi connectivity index (χ1) is 14.1. The van der Waals surface area contributed by atoms with Crippen molar-refractivity contribution in [3.05, 3.63) is 65.4 Å². The van der Waals surface area contributed by atoms with E-state index in [-0.39, 0.29) is 36.4 Å². The molecule has 0 radical (unpaired) electrons. The minimum Gasteiger partial charge on any atom is -0.497 e. The third-order valence-corrected chi connectivity index (χ3v) is 4.65. The first-order valence-corrected chi connectivity index (χ1v) is 9.42. The van der Waals surface area contributed by atoms with E-state index in [0.29, 0.717) is 19.0 Å². The average molecular weight is 522 g/mol. The summed E-state index contributed by atoms with van der Waals surface area (Å²) in [6.07, 6.45) is 0. The second-order valence-corrected chi connectivity index (χ2v) is 6.55. The van der Waals surface area contributed by atoms with Crippen molar-refractivity contribution in [3.8, 4) is 5.75 Å². The van der Waals surface area contributed by atoms with E-state index in [0.717, 1.165) is 33.6 Å². The molecule has 0 unspecified atom stereocenters. The highest BCUT2D eigenvalue weighted by Gasteiger charge is 2.10. The van der Waals surface area contributed by atoms with E-state index in [4.69, 9.17) is 9.15 Å². The van der Waals surface area contributed by atoms with Crippen LogP contribution in [-0.2, 0) is 17.9 Å². The van der Waals surface area contributed by atoms with Crippen molar-refractivity contribution in [3.63, 3.8) is 0 Å². The molecule has 0 atom stereocenters. The van der Waals surface area contributed by atoms with Gasteiger partial charge in [0.25, 0.3) is 0 Å². The van der Waals surface area contributed by atoms with Gasteiger partial charge in [-0.1, -0.05) is 30.3 Å². The Bertz CT molecular complexity index is 999. The molecule has 3 N–H and O–H groups in total. The van der Waals surface area contributed by atoms with E-state index < -0.39 is 0 Å². The maximum absolute atomic E-state index is 12.1. The normalized spacial score (nSPS) is 11.0. The molecule has 0 aliphatic carbocycles. The van der Waals surface area contributed by atoms with Crippen LogP contribution >= 0.6 is 24.0 Å². The Morgan fingerprint density at radius 2 is 1.77 bits per heavy atom. The molecule has 0 saturated heterocycles. The molecule has 1 aromatic heterocycles. The molecule has 0 spiro atoms. The number of ether oxygens (including phenoxy) is 1. The van der Waals surface area contributed by atoms with Crippen molar-refractivity contribution < 1.29 is 13.9 Å². The number of hydrogen-bond donors (Lipinski definition) is 3. The quantitative estimate of drug-likeness (QED) is 0.252. The van der Waals surface area contributed by atoms with Crippen molar-refractivity contribution in [1.82, 2.24) is 16.0 Å². The third kappa shape index (κ3) is 6.12. The average Bonchev–Trinajstić information content (AvgIpc) is 3.08. The standard InChI is InChI=1S/C22H26N4O3.HI/c1-15-18-6-4-5-7-19(18)29-20(15)13-25-22(23-2)26-14-21(27)24-12-16-8-10-17(28-3)11-9-16;/h4-11H,12-14H2,1-3H3,(H,24,27)(H2,23,25,26);1H. The largest absolute Gasteiger partial charge is 0.497 e. The van der Waals surface area contributed by atoms with E-state index in [1.54, 1.807) is 14.2 Å². The van der Waals surface area contributed by atoms with Gasteiger partial charge in [0.05, 0.1) is 20.2 Å². The Hall–Kier alpha value is -2.75. The summed E-state index contributed by atoms with van der Waals surface area (Å²) in [5.74, 6) is 2.04. The lowest BCUT2D eigenvalue weighted by molar-refractivity contribution is -0.120. The number of methoxy groups -OCH3 is 1. The van der Waals surface area contributed by atoms with Crippen LogP contribution in [0.5, 0.6) is 5.75 Å². The summed E-state index contributed by atoms with van der Waals surface area (Å²) in [6, 6.07) is 15.5. The van der Waals surface area contributed by atoms with Crippen molar-refractivity contribution in [2.24, 2.45) is 4.99 Å². The summed E-state index contributed by atoms with van der Waals surface area (Å²) in [4.78, 5) is 16.3. The van der Waals surface area contributed by atoms with Gasteiger partial charge in [-0.25, -0.2) is 0 Å². The summed E-state index contributed by atoms with van der Waals surface area (Å²) >= 11 is 0. The zero-order chi connectivity index (χ0) is 20.6. The molecule has 0 aliphatic rings. The molecule has 30 heavy (non-hydrogen) atoms. The first-order valence-electron chi connectivity index (χ1n) is 9.42. The number of guanidine groups is 1. The number of fused-ring (bicyclic) bond motifs is 1. The molecule has 0 saturated carbocycles. The molecule has 1 heterocycles. The number of halogens is 1. The molecule has 160 valence electrons. The van der Waals surface area contributed by atoms with Crippen LogP contribution in [0.25, 0.3) is 11.0 Å². The lowest BCUT2D eigenvalue weighted by Gasteiger charge is -2.11. The van der Waals surface area contributed by atoms with Crippen LogP contribution in [-0.4, -0.2) is 32.6 Å². The van der Waals surface area contributed by atoms with Crippen LogP contribution in [0.4, 0.5) is 0 Å². The minimum atomic E-state index is -0.122. The van der Waals surface area contributed by atoms with Gasteiger partial charge in [-0.2, -0.15) is 0 Å². The fraction of sp³-hybridized carbons (Fsp3) is 0.273. The number of para-hydroxylation sites is 1. The molecule has 8 heteroatoms. The maximum Gasteiger partial charge on any atom is 0.239 e. The Kier molecular flexibility index (Phi) is 8.97. The molecule has 0 bridgehead atoms. The summed E-state index contributed by atoms with van der Waals surface area (Å²) in [7, 11) is 3.29. The topological polar surface area (TPSA) is 87.9 Å². The molecule has 1 amide bonds. The SMILES string of the molecule is CN=C(NCC(=O)NCc1ccc(OC)cc1)NCc1oc2ccccc2c1C.I. The number of furan rings is 1. The molecule has 0 aliphatic heterocycles. The summed E-state index contributed by atoms with van der Waals surface area (Å²) in [6.45, 7) is 3.09. The Morgan fingerprint density at radius 3 is 2.43 bits per heavy atom. The lowest BCUT2D eigenvalue weighted by Crippen LogP contribution is -2.42. The molecule has 7 nitrogen and oxygen atoms in total. The van der Waals surface area contributed by atoms with Gasteiger partial charge in [0.15, 0.2) is 5.96 Å². The first kappa shape index (κ1) is 23.5. The number of amides is 1. The number of benzene rings is 2. The predicted molar refractivity (Wildman–Crippen MR) is 129 cm³/mol. The van der Waals surface area contributed by atoms with Gasteiger partial charge in [-0.15, -0.1) is 24.0 Å². The Balaban J connectivity index is 0.00000320. The van der Waals surface area contributed by atoms with E-state index in [2.05, 4.69) is 20.9 Å². The van der Waals surface area contributed by atoms with Gasteiger partial charge in [0, 0.05) is 24.5 Å². The van der Waals surface area contributed by atoms with Crippen LogP contribution < -0.4 is 20.7 Å². The number of aryl methyl sites for hydroxylation is 1. The number of hydrogen-bond acceptors (Lipinski definition) is 4. The third-order valence-electron chi connectivity index (χ3n) is 4.65. The molecule has 2 aromatic carbocycles. The molecule has 0 fully saturated rings.